The normalized spacial score (nSPS) is 9.65. The monoisotopic (exact) mass is 238 g/mol. The molecule has 0 heterocycles. The van der Waals surface area contributed by atoms with Crippen molar-refractivity contribution < 1.29 is 19.0 Å². The number of halogens is 1. The lowest BCUT2D eigenvalue weighted by Crippen LogP contribution is -2.14. The standard InChI is InChI=1S/C11H11FN2O3/c12-9-2-1-3-10(8(9)6-13)14-4-5-17-7-11(15)16/h1-3,14H,4-5,7H2,(H,15,16). The summed E-state index contributed by atoms with van der Waals surface area (Å²) >= 11 is 0. The first-order chi connectivity index (χ1) is 8.15. The maximum Gasteiger partial charge on any atom is 0.329 e. The highest BCUT2D eigenvalue weighted by Crippen LogP contribution is 2.17. The molecular formula is C11H11FN2O3. The van der Waals surface area contributed by atoms with Crippen LogP contribution in [0.3, 0.4) is 0 Å². The van der Waals surface area contributed by atoms with E-state index in [0.29, 0.717) is 12.2 Å². The van der Waals surface area contributed by atoms with E-state index in [4.69, 9.17) is 15.1 Å². The Kier molecular flexibility index (Phi) is 4.91. The zero-order valence-corrected chi connectivity index (χ0v) is 8.94. The van der Waals surface area contributed by atoms with Crippen molar-refractivity contribution in [2.75, 3.05) is 25.1 Å². The van der Waals surface area contributed by atoms with Gasteiger partial charge in [0, 0.05) is 6.54 Å². The molecule has 6 heteroatoms. The highest BCUT2D eigenvalue weighted by Gasteiger charge is 2.06. The van der Waals surface area contributed by atoms with E-state index in [2.05, 4.69) is 5.32 Å². The summed E-state index contributed by atoms with van der Waals surface area (Å²) in [6.07, 6.45) is 0. The van der Waals surface area contributed by atoms with Gasteiger partial charge in [-0.3, -0.25) is 0 Å². The summed E-state index contributed by atoms with van der Waals surface area (Å²) < 4.78 is 17.9. The number of carboxylic acid groups (broad SMARTS) is 1. The van der Waals surface area contributed by atoms with Gasteiger partial charge in [0.1, 0.15) is 24.1 Å². The van der Waals surface area contributed by atoms with Crippen LogP contribution in [0.25, 0.3) is 0 Å². The predicted molar refractivity (Wildman–Crippen MR) is 58.1 cm³/mol. The van der Waals surface area contributed by atoms with Gasteiger partial charge in [0.25, 0.3) is 0 Å². The quantitative estimate of drug-likeness (QED) is 0.728. The van der Waals surface area contributed by atoms with Crippen LogP contribution in [-0.2, 0) is 9.53 Å². The summed E-state index contributed by atoms with van der Waals surface area (Å²) in [5, 5.41) is 19.8. The number of benzene rings is 1. The van der Waals surface area contributed by atoms with Gasteiger partial charge >= 0.3 is 5.97 Å². The van der Waals surface area contributed by atoms with Crippen LogP contribution in [0.5, 0.6) is 0 Å². The van der Waals surface area contributed by atoms with E-state index < -0.39 is 11.8 Å². The lowest BCUT2D eigenvalue weighted by molar-refractivity contribution is -0.142. The molecule has 2 N–H and O–H groups in total. The number of carbonyl (C=O) groups is 1. The van der Waals surface area contributed by atoms with Crippen molar-refractivity contribution in [3.05, 3.63) is 29.6 Å². The highest BCUT2D eigenvalue weighted by molar-refractivity contribution is 5.68. The van der Waals surface area contributed by atoms with Crippen LogP contribution in [-0.4, -0.2) is 30.8 Å². The number of ether oxygens (including phenoxy) is 1. The Labute approximate surface area is 97.4 Å². The molecule has 0 saturated heterocycles. The van der Waals surface area contributed by atoms with Crippen LogP contribution in [0, 0.1) is 17.1 Å². The number of carboxylic acids is 1. The summed E-state index contributed by atoms with van der Waals surface area (Å²) in [4.78, 5) is 10.1. The minimum absolute atomic E-state index is 0.0641. The van der Waals surface area contributed by atoms with Gasteiger partial charge in [-0.2, -0.15) is 5.26 Å². The van der Waals surface area contributed by atoms with Gasteiger partial charge in [0.05, 0.1) is 12.3 Å². The first-order valence-corrected chi connectivity index (χ1v) is 4.87. The van der Waals surface area contributed by atoms with Crippen LogP contribution in [0.15, 0.2) is 18.2 Å². The fourth-order valence-electron chi connectivity index (χ4n) is 1.20. The molecule has 17 heavy (non-hydrogen) atoms. The van der Waals surface area contributed by atoms with Gasteiger partial charge in [-0.15, -0.1) is 0 Å². The number of nitrogens with zero attached hydrogens (tertiary/aromatic N) is 1. The van der Waals surface area contributed by atoms with Crippen molar-refractivity contribution >= 4 is 11.7 Å². The first kappa shape index (κ1) is 12.9. The average Bonchev–Trinajstić information content (AvgIpc) is 2.28. The molecule has 0 fully saturated rings. The minimum atomic E-state index is -1.05. The molecule has 0 unspecified atom stereocenters. The van der Waals surface area contributed by atoms with Crippen LogP contribution in [0.4, 0.5) is 10.1 Å². The maximum atomic E-state index is 13.2. The van der Waals surface area contributed by atoms with Crippen LogP contribution in [0.2, 0.25) is 0 Å². The Morgan fingerprint density at radius 1 is 1.59 bits per heavy atom. The molecule has 0 aromatic heterocycles. The van der Waals surface area contributed by atoms with Gasteiger partial charge in [0.2, 0.25) is 0 Å². The fraction of sp³-hybridized carbons (Fsp3) is 0.273. The lowest BCUT2D eigenvalue weighted by atomic mass is 10.2. The average molecular weight is 238 g/mol. The molecular weight excluding hydrogens is 227 g/mol. The van der Waals surface area contributed by atoms with Crippen molar-refractivity contribution in [2.24, 2.45) is 0 Å². The largest absolute Gasteiger partial charge is 0.480 e. The lowest BCUT2D eigenvalue weighted by Gasteiger charge is -2.08. The molecule has 0 spiro atoms. The minimum Gasteiger partial charge on any atom is -0.480 e. The number of anilines is 1. The Morgan fingerprint density at radius 3 is 3.00 bits per heavy atom. The van der Waals surface area contributed by atoms with E-state index in [1.807, 2.05) is 0 Å². The van der Waals surface area contributed by atoms with Gasteiger partial charge in [0.15, 0.2) is 0 Å². The van der Waals surface area contributed by atoms with E-state index in [0.717, 1.165) is 0 Å². The SMILES string of the molecule is N#Cc1c(F)cccc1NCCOCC(=O)O. The molecule has 0 bridgehead atoms. The van der Waals surface area contributed by atoms with E-state index in [9.17, 15) is 9.18 Å². The summed E-state index contributed by atoms with van der Waals surface area (Å²) in [6, 6.07) is 6.00. The molecule has 1 rings (SSSR count). The molecule has 90 valence electrons. The third kappa shape index (κ3) is 4.09. The van der Waals surface area contributed by atoms with E-state index in [1.165, 1.54) is 12.1 Å². The Morgan fingerprint density at radius 2 is 2.35 bits per heavy atom. The Hall–Kier alpha value is -2.13. The second-order valence-electron chi connectivity index (χ2n) is 3.15. The van der Waals surface area contributed by atoms with Gasteiger partial charge in [-0.1, -0.05) is 6.07 Å². The van der Waals surface area contributed by atoms with Crippen molar-refractivity contribution in [2.45, 2.75) is 0 Å². The number of aliphatic carboxylic acids is 1. The molecule has 1 aromatic rings. The summed E-state index contributed by atoms with van der Waals surface area (Å²) in [6.45, 7) is 0.0784. The molecule has 0 aliphatic heterocycles. The molecule has 5 nitrogen and oxygen atoms in total. The Bertz CT molecular complexity index is 443. The highest BCUT2D eigenvalue weighted by atomic mass is 19.1. The predicted octanol–water partition coefficient (Wildman–Crippen LogP) is 1.21. The number of hydrogen-bond acceptors (Lipinski definition) is 4. The van der Waals surface area contributed by atoms with Crippen molar-refractivity contribution in [3.8, 4) is 6.07 Å². The number of nitriles is 1. The van der Waals surface area contributed by atoms with E-state index >= 15 is 0 Å². The first-order valence-electron chi connectivity index (χ1n) is 4.87. The summed E-state index contributed by atoms with van der Waals surface area (Å²) in [5.41, 5.74) is 0.303. The second kappa shape index (κ2) is 6.45. The van der Waals surface area contributed by atoms with Crippen molar-refractivity contribution in [1.82, 2.24) is 0 Å². The zero-order valence-electron chi connectivity index (χ0n) is 8.94. The third-order valence-electron chi connectivity index (χ3n) is 1.91. The third-order valence-corrected chi connectivity index (χ3v) is 1.91. The summed E-state index contributed by atoms with van der Waals surface area (Å²) in [5.74, 6) is -1.64. The fourth-order valence-corrected chi connectivity index (χ4v) is 1.20. The molecule has 0 radical (unpaired) electrons. The topological polar surface area (TPSA) is 82.3 Å². The zero-order chi connectivity index (χ0) is 12.7. The smallest absolute Gasteiger partial charge is 0.329 e. The van der Waals surface area contributed by atoms with Gasteiger partial charge < -0.3 is 15.2 Å². The second-order valence-corrected chi connectivity index (χ2v) is 3.15. The number of nitrogens with one attached hydrogen (secondary N) is 1. The molecule has 0 aliphatic carbocycles. The van der Waals surface area contributed by atoms with Crippen LogP contribution in [0.1, 0.15) is 5.56 Å². The van der Waals surface area contributed by atoms with Gasteiger partial charge in [-0.25, -0.2) is 9.18 Å². The number of hydrogen-bond donors (Lipinski definition) is 2. The van der Waals surface area contributed by atoms with Crippen LogP contribution >= 0.6 is 0 Å². The van der Waals surface area contributed by atoms with Crippen molar-refractivity contribution in [1.29, 1.82) is 5.26 Å². The van der Waals surface area contributed by atoms with Gasteiger partial charge in [-0.05, 0) is 12.1 Å². The Balaban J connectivity index is 2.45. The molecule has 0 amide bonds. The van der Waals surface area contributed by atoms with E-state index in [-0.39, 0.29) is 18.8 Å². The van der Waals surface area contributed by atoms with Crippen molar-refractivity contribution in [3.63, 3.8) is 0 Å². The molecule has 0 aliphatic rings. The van der Waals surface area contributed by atoms with E-state index in [1.54, 1.807) is 12.1 Å². The number of rotatable bonds is 6. The molecule has 1 aromatic carbocycles. The van der Waals surface area contributed by atoms with Crippen LogP contribution < -0.4 is 5.32 Å². The molecule has 0 atom stereocenters. The molecule has 0 saturated carbocycles. The maximum absolute atomic E-state index is 13.2. The summed E-state index contributed by atoms with van der Waals surface area (Å²) in [7, 11) is 0.